The summed E-state index contributed by atoms with van der Waals surface area (Å²) in [6.45, 7) is 2.82. The van der Waals surface area contributed by atoms with E-state index in [1.165, 1.54) is 5.56 Å². The van der Waals surface area contributed by atoms with E-state index >= 15 is 0 Å². The van der Waals surface area contributed by atoms with Crippen LogP contribution in [0.2, 0.25) is 0 Å². The predicted octanol–water partition coefficient (Wildman–Crippen LogP) is 2.93. The van der Waals surface area contributed by atoms with E-state index in [2.05, 4.69) is 44.2 Å². The average molecular weight is 292 g/mol. The highest BCUT2D eigenvalue weighted by Gasteiger charge is 2.06. The molecule has 0 fully saturated rings. The lowest BCUT2D eigenvalue weighted by molar-refractivity contribution is 0.787. The van der Waals surface area contributed by atoms with Crippen molar-refractivity contribution in [3.63, 3.8) is 0 Å². The molecule has 17 heavy (non-hydrogen) atoms. The standard InChI is InChI=1S/C13H14BrN3/c1-9-7-10(14)3-4-12(9)13-16-6-5-11(17-13)8-15-2/h3-7,15H,8H2,1-2H3. The van der Waals surface area contributed by atoms with Gasteiger partial charge in [-0.3, -0.25) is 0 Å². The lowest BCUT2D eigenvalue weighted by atomic mass is 10.1. The van der Waals surface area contributed by atoms with Crippen LogP contribution in [0.15, 0.2) is 34.9 Å². The Balaban J connectivity index is 2.42. The molecule has 0 aliphatic heterocycles. The molecule has 1 heterocycles. The van der Waals surface area contributed by atoms with Gasteiger partial charge in [0.1, 0.15) is 0 Å². The summed E-state index contributed by atoms with van der Waals surface area (Å²) in [5, 5.41) is 3.09. The normalized spacial score (nSPS) is 10.5. The number of nitrogens with one attached hydrogen (secondary N) is 1. The second-order valence-corrected chi connectivity index (χ2v) is 4.78. The Labute approximate surface area is 109 Å². The number of hydrogen-bond acceptors (Lipinski definition) is 3. The van der Waals surface area contributed by atoms with E-state index in [0.717, 1.165) is 28.1 Å². The van der Waals surface area contributed by atoms with Crippen molar-refractivity contribution in [3.05, 3.63) is 46.2 Å². The summed E-state index contributed by atoms with van der Waals surface area (Å²) in [6, 6.07) is 8.05. The number of rotatable bonds is 3. The maximum Gasteiger partial charge on any atom is 0.159 e. The molecule has 0 aliphatic rings. The number of aryl methyl sites for hydroxylation is 1. The van der Waals surface area contributed by atoms with Gasteiger partial charge in [0, 0.05) is 22.8 Å². The van der Waals surface area contributed by atoms with E-state index in [-0.39, 0.29) is 0 Å². The molecule has 88 valence electrons. The Morgan fingerprint density at radius 2 is 2.12 bits per heavy atom. The number of benzene rings is 1. The molecule has 0 bridgehead atoms. The third kappa shape index (κ3) is 2.90. The van der Waals surface area contributed by atoms with Gasteiger partial charge in [0.15, 0.2) is 5.82 Å². The molecule has 4 heteroatoms. The van der Waals surface area contributed by atoms with Crippen LogP contribution in [0.25, 0.3) is 11.4 Å². The smallest absolute Gasteiger partial charge is 0.159 e. The second-order valence-electron chi connectivity index (χ2n) is 3.86. The summed E-state index contributed by atoms with van der Waals surface area (Å²) in [4.78, 5) is 8.86. The molecule has 3 nitrogen and oxygen atoms in total. The van der Waals surface area contributed by atoms with E-state index in [4.69, 9.17) is 0 Å². The first-order valence-corrected chi connectivity index (χ1v) is 6.23. The van der Waals surface area contributed by atoms with Crippen LogP contribution in [-0.4, -0.2) is 17.0 Å². The highest BCUT2D eigenvalue weighted by atomic mass is 79.9. The van der Waals surface area contributed by atoms with Gasteiger partial charge in [0.05, 0.1) is 5.69 Å². The minimum Gasteiger partial charge on any atom is -0.314 e. The van der Waals surface area contributed by atoms with Crippen LogP contribution in [0, 0.1) is 6.92 Å². The van der Waals surface area contributed by atoms with Crippen LogP contribution in [0.3, 0.4) is 0 Å². The summed E-state index contributed by atoms with van der Waals surface area (Å²) < 4.78 is 1.07. The summed E-state index contributed by atoms with van der Waals surface area (Å²) in [5.74, 6) is 0.780. The highest BCUT2D eigenvalue weighted by Crippen LogP contribution is 2.23. The largest absolute Gasteiger partial charge is 0.314 e. The van der Waals surface area contributed by atoms with Gasteiger partial charge in [-0.25, -0.2) is 9.97 Å². The van der Waals surface area contributed by atoms with Gasteiger partial charge in [-0.2, -0.15) is 0 Å². The van der Waals surface area contributed by atoms with E-state index < -0.39 is 0 Å². The molecule has 1 N–H and O–H groups in total. The fraction of sp³-hybridized carbons (Fsp3) is 0.231. The van der Waals surface area contributed by atoms with Crippen LogP contribution in [0.4, 0.5) is 0 Å². The molecule has 2 aromatic rings. The first-order valence-electron chi connectivity index (χ1n) is 5.44. The number of hydrogen-bond donors (Lipinski definition) is 1. The van der Waals surface area contributed by atoms with Crippen molar-refractivity contribution in [1.82, 2.24) is 15.3 Å². The van der Waals surface area contributed by atoms with Crippen LogP contribution in [0.5, 0.6) is 0 Å². The van der Waals surface area contributed by atoms with Crippen molar-refractivity contribution >= 4 is 15.9 Å². The van der Waals surface area contributed by atoms with Crippen LogP contribution in [0.1, 0.15) is 11.3 Å². The van der Waals surface area contributed by atoms with Gasteiger partial charge in [0.25, 0.3) is 0 Å². The van der Waals surface area contributed by atoms with Crippen LogP contribution >= 0.6 is 15.9 Å². The van der Waals surface area contributed by atoms with Crippen molar-refractivity contribution in [2.45, 2.75) is 13.5 Å². The number of halogens is 1. The van der Waals surface area contributed by atoms with Crippen molar-refractivity contribution in [2.24, 2.45) is 0 Å². The van der Waals surface area contributed by atoms with E-state index in [0.29, 0.717) is 0 Å². The molecule has 0 atom stereocenters. The van der Waals surface area contributed by atoms with E-state index in [9.17, 15) is 0 Å². The Morgan fingerprint density at radius 3 is 2.82 bits per heavy atom. The zero-order chi connectivity index (χ0) is 12.3. The summed E-state index contributed by atoms with van der Waals surface area (Å²) in [6.07, 6.45) is 1.80. The molecule has 2 rings (SSSR count). The van der Waals surface area contributed by atoms with Gasteiger partial charge in [-0.1, -0.05) is 15.9 Å². The van der Waals surface area contributed by atoms with Crippen molar-refractivity contribution < 1.29 is 0 Å². The predicted molar refractivity (Wildman–Crippen MR) is 72.7 cm³/mol. The van der Waals surface area contributed by atoms with Crippen molar-refractivity contribution in [3.8, 4) is 11.4 Å². The molecule has 0 saturated heterocycles. The lowest BCUT2D eigenvalue weighted by Crippen LogP contribution is -2.07. The molecule has 1 aromatic heterocycles. The fourth-order valence-electron chi connectivity index (χ4n) is 1.68. The second kappa shape index (κ2) is 5.38. The Hall–Kier alpha value is -1.26. The Kier molecular flexibility index (Phi) is 3.86. The van der Waals surface area contributed by atoms with Crippen molar-refractivity contribution in [2.75, 3.05) is 7.05 Å². The molecule has 0 saturated carbocycles. The fourth-order valence-corrected chi connectivity index (χ4v) is 2.16. The molecule has 0 unspecified atom stereocenters. The zero-order valence-electron chi connectivity index (χ0n) is 9.87. The Morgan fingerprint density at radius 1 is 1.29 bits per heavy atom. The third-order valence-corrected chi connectivity index (χ3v) is 2.99. The number of aromatic nitrogens is 2. The molecular weight excluding hydrogens is 278 g/mol. The van der Waals surface area contributed by atoms with Crippen LogP contribution in [-0.2, 0) is 6.54 Å². The number of nitrogens with zero attached hydrogens (tertiary/aromatic N) is 2. The summed E-state index contributed by atoms with van der Waals surface area (Å²) in [5.41, 5.74) is 3.24. The minimum atomic E-state index is 0.755. The van der Waals surface area contributed by atoms with E-state index in [1.807, 2.05) is 25.2 Å². The lowest BCUT2D eigenvalue weighted by Gasteiger charge is -2.06. The minimum absolute atomic E-state index is 0.755. The third-order valence-electron chi connectivity index (χ3n) is 2.50. The molecule has 0 spiro atoms. The van der Waals surface area contributed by atoms with Gasteiger partial charge < -0.3 is 5.32 Å². The van der Waals surface area contributed by atoms with E-state index in [1.54, 1.807) is 6.20 Å². The van der Waals surface area contributed by atoms with Gasteiger partial charge in [-0.15, -0.1) is 0 Å². The topological polar surface area (TPSA) is 37.8 Å². The summed E-state index contributed by atoms with van der Waals surface area (Å²) >= 11 is 3.46. The Bertz CT molecular complexity index is 526. The molecule has 0 aliphatic carbocycles. The molecule has 1 aromatic carbocycles. The van der Waals surface area contributed by atoms with Gasteiger partial charge in [0.2, 0.25) is 0 Å². The maximum atomic E-state index is 4.53. The molecule has 0 radical (unpaired) electrons. The average Bonchev–Trinajstić information content (AvgIpc) is 2.29. The zero-order valence-corrected chi connectivity index (χ0v) is 11.5. The van der Waals surface area contributed by atoms with Crippen molar-refractivity contribution in [1.29, 1.82) is 0 Å². The van der Waals surface area contributed by atoms with Crippen LogP contribution < -0.4 is 5.32 Å². The maximum absolute atomic E-state index is 4.53. The van der Waals surface area contributed by atoms with Gasteiger partial charge in [-0.05, 0) is 43.8 Å². The van der Waals surface area contributed by atoms with Gasteiger partial charge >= 0.3 is 0 Å². The first-order chi connectivity index (χ1) is 8.20. The monoisotopic (exact) mass is 291 g/mol. The quantitative estimate of drug-likeness (QED) is 0.945. The SMILES string of the molecule is CNCc1ccnc(-c2ccc(Br)cc2C)n1. The summed E-state index contributed by atoms with van der Waals surface area (Å²) in [7, 11) is 1.91. The molecular formula is C13H14BrN3. The molecule has 0 amide bonds. The highest BCUT2D eigenvalue weighted by molar-refractivity contribution is 9.10. The first kappa shape index (κ1) is 12.2.